The Balaban J connectivity index is 1.41. The number of nitrogens with two attached hydrogens (primary N) is 1. The Morgan fingerprint density at radius 1 is 1.04 bits per heavy atom. The van der Waals surface area contributed by atoms with Crippen LogP contribution in [0.4, 0.5) is 0 Å². The van der Waals surface area contributed by atoms with Crippen molar-refractivity contribution < 1.29 is 4.52 Å². The van der Waals surface area contributed by atoms with E-state index >= 15 is 0 Å². The molecule has 27 heavy (non-hydrogen) atoms. The Labute approximate surface area is 157 Å². The van der Waals surface area contributed by atoms with E-state index in [0.29, 0.717) is 24.6 Å². The molecule has 2 aromatic heterocycles. The molecule has 2 N–H and O–H groups in total. The highest BCUT2D eigenvalue weighted by Gasteiger charge is 2.16. The number of hydrogen-bond acceptors (Lipinski definition) is 5. The standard InChI is InChI=1S/C21H21N5O/c1-26-13-18(23-14-26)12-19(22)21-24-20(25-27-21)11-15-7-9-17(10-8-15)16-5-3-2-4-6-16/h2-10,13-14,19H,11-12,22H2,1H3. The van der Waals surface area contributed by atoms with E-state index in [0.717, 1.165) is 11.3 Å². The molecule has 1 unspecified atom stereocenters. The fourth-order valence-corrected chi connectivity index (χ4v) is 3.00. The Morgan fingerprint density at radius 3 is 2.48 bits per heavy atom. The van der Waals surface area contributed by atoms with Crippen LogP contribution >= 0.6 is 0 Å². The molecular formula is C21H21N5O. The molecule has 4 rings (SSSR count). The normalized spacial score (nSPS) is 12.2. The lowest BCUT2D eigenvalue weighted by molar-refractivity contribution is 0.350. The van der Waals surface area contributed by atoms with Crippen molar-refractivity contribution in [2.45, 2.75) is 18.9 Å². The first-order valence-corrected chi connectivity index (χ1v) is 8.86. The molecule has 0 saturated heterocycles. The number of benzene rings is 2. The van der Waals surface area contributed by atoms with Crippen molar-refractivity contribution >= 4 is 0 Å². The molecule has 6 nitrogen and oxygen atoms in total. The summed E-state index contributed by atoms with van der Waals surface area (Å²) in [5, 5.41) is 4.07. The molecule has 2 heterocycles. The maximum atomic E-state index is 6.18. The largest absolute Gasteiger partial charge is 0.340 e. The Kier molecular flexibility index (Phi) is 4.80. The highest BCUT2D eigenvalue weighted by Crippen LogP contribution is 2.20. The zero-order valence-corrected chi connectivity index (χ0v) is 15.1. The predicted molar refractivity (Wildman–Crippen MR) is 103 cm³/mol. The maximum absolute atomic E-state index is 6.18. The van der Waals surface area contributed by atoms with Crippen LogP contribution in [-0.2, 0) is 19.9 Å². The number of hydrogen-bond donors (Lipinski definition) is 1. The Hall–Kier alpha value is -3.25. The topological polar surface area (TPSA) is 82.8 Å². The van der Waals surface area contributed by atoms with Crippen molar-refractivity contribution in [2.75, 3.05) is 0 Å². The van der Waals surface area contributed by atoms with E-state index in [9.17, 15) is 0 Å². The van der Waals surface area contributed by atoms with Crippen molar-refractivity contribution in [1.82, 2.24) is 19.7 Å². The fraction of sp³-hybridized carbons (Fsp3) is 0.190. The molecule has 2 aromatic carbocycles. The van der Waals surface area contributed by atoms with E-state index < -0.39 is 0 Å². The zero-order valence-electron chi connectivity index (χ0n) is 15.1. The predicted octanol–water partition coefficient (Wildman–Crippen LogP) is 3.30. The third-order valence-corrected chi connectivity index (χ3v) is 4.41. The van der Waals surface area contributed by atoms with Gasteiger partial charge in [-0.3, -0.25) is 0 Å². The van der Waals surface area contributed by atoms with Gasteiger partial charge in [0.25, 0.3) is 0 Å². The second-order valence-corrected chi connectivity index (χ2v) is 6.63. The van der Waals surface area contributed by atoms with Gasteiger partial charge < -0.3 is 14.8 Å². The van der Waals surface area contributed by atoms with Crippen LogP contribution in [0.2, 0.25) is 0 Å². The average Bonchev–Trinajstić information content (AvgIpc) is 3.32. The van der Waals surface area contributed by atoms with Crippen LogP contribution in [-0.4, -0.2) is 19.7 Å². The molecular weight excluding hydrogens is 338 g/mol. The van der Waals surface area contributed by atoms with Gasteiger partial charge in [0, 0.05) is 26.1 Å². The minimum atomic E-state index is -0.360. The van der Waals surface area contributed by atoms with Gasteiger partial charge in [-0.2, -0.15) is 4.98 Å². The number of imidazole rings is 1. The van der Waals surface area contributed by atoms with Crippen molar-refractivity contribution in [2.24, 2.45) is 12.8 Å². The van der Waals surface area contributed by atoms with E-state index in [2.05, 4.69) is 51.5 Å². The molecule has 0 radical (unpaired) electrons. The Morgan fingerprint density at radius 2 is 1.78 bits per heavy atom. The summed E-state index contributed by atoms with van der Waals surface area (Å²) in [5.74, 6) is 1.07. The average molecular weight is 359 g/mol. The van der Waals surface area contributed by atoms with Crippen LogP contribution in [0.5, 0.6) is 0 Å². The van der Waals surface area contributed by atoms with Gasteiger partial charge in [0.1, 0.15) is 0 Å². The molecule has 0 aliphatic rings. The Bertz CT molecular complexity index is 1000. The monoisotopic (exact) mass is 359 g/mol. The summed E-state index contributed by atoms with van der Waals surface area (Å²) in [7, 11) is 1.93. The van der Waals surface area contributed by atoms with Crippen LogP contribution in [0, 0.1) is 0 Å². The molecule has 0 aliphatic heterocycles. The van der Waals surface area contributed by atoms with Crippen LogP contribution in [0.15, 0.2) is 71.6 Å². The van der Waals surface area contributed by atoms with Crippen LogP contribution in [0.1, 0.15) is 29.0 Å². The number of aryl methyl sites for hydroxylation is 1. The summed E-state index contributed by atoms with van der Waals surface area (Å²) in [5.41, 5.74) is 10.6. The minimum absolute atomic E-state index is 0.360. The second kappa shape index (κ2) is 7.55. The first-order chi connectivity index (χ1) is 13.2. The fourth-order valence-electron chi connectivity index (χ4n) is 3.00. The summed E-state index contributed by atoms with van der Waals surface area (Å²) in [4.78, 5) is 8.73. The van der Waals surface area contributed by atoms with E-state index in [1.807, 2.05) is 36.0 Å². The molecule has 6 heteroatoms. The van der Waals surface area contributed by atoms with Gasteiger partial charge in [0.05, 0.1) is 18.1 Å². The highest BCUT2D eigenvalue weighted by molar-refractivity contribution is 5.63. The van der Waals surface area contributed by atoms with Gasteiger partial charge in [-0.1, -0.05) is 59.8 Å². The zero-order chi connectivity index (χ0) is 18.6. The SMILES string of the molecule is Cn1cnc(CC(N)c2nc(Cc3ccc(-c4ccccc4)cc3)no2)c1. The quantitative estimate of drug-likeness (QED) is 0.571. The lowest BCUT2D eigenvalue weighted by Gasteiger charge is -2.03. The first kappa shape index (κ1) is 17.2. The molecule has 0 saturated carbocycles. The molecule has 0 spiro atoms. The molecule has 0 amide bonds. The number of rotatable bonds is 6. The highest BCUT2D eigenvalue weighted by atomic mass is 16.5. The number of nitrogens with zero attached hydrogens (tertiary/aromatic N) is 4. The molecule has 0 bridgehead atoms. The van der Waals surface area contributed by atoms with Crippen molar-refractivity contribution in [3.8, 4) is 11.1 Å². The van der Waals surface area contributed by atoms with E-state index in [1.165, 1.54) is 11.1 Å². The van der Waals surface area contributed by atoms with Crippen LogP contribution in [0.25, 0.3) is 11.1 Å². The van der Waals surface area contributed by atoms with Gasteiger partial charge in [-0.15, -0.1) is 0 Å². The van der Waals surface area contributed by atoms with E-state index in [4.69, 9.17) is 10.3 Å². The summed E-state index contributed by atoms with van der Waals surface area (Å²) in [6.45, 7) is 0. The van der Waals surface area contributed by atoms with E-state index in [-0.39, 0.29) is 6.04 Å². The third-order valence-electron chi connectivity index (χ3n) is 4.41. The van der Waals surface area contributed by atoms with Gasteiger partial charge in [0.15, 0.2) is 5.82 Å². The van der Waals surface area contributed by atoms with E-state index in [1.54, 1.807) is 6.33 Å². The minimum Gasteiger partial charge on any atom is -0.340 e. The van der Waals surface area contributed by atoms with Crippen LogP contribution < -0.4 is 5.73 Å². The lowest BCUT2D eigenvalue weighted by atomic mass is 10.0. The summed E-state index contributed by atoms with van der Waals surface area (Å²) in [6.07, 6.45) is 4.86. The molecule has 1 atom stereocenters. The number of aromatic nitrogens is 4. The van der Waals surface area contributed by atoms with Gasteiger partial charge in [0.2, 0.25) is 5.89 Å². The third kappa shape index (κ3) is 4.12. The van der Waals surface area contributed by atoms with Gasteiger partial charge in [-0.25, -0.2) is 4.98 Å². The smallest absolute Gasteiger partial charge is 0.243 e. The van der Waals surface area contributed by atoms with Gasteiger partial charge in [-0.05, 0) is 16.7 Å². The van der Waals surface area contributed by atoms with Crippen molar-refractivity contribution in [3.05, 3.63) is 90.1 Å². The maximum Gasteiger partial charge on any atom is 0.243 e. The summed E-state index contributed by atoms with van der Waals surface area (Å²) in [6, 6.07) is 18.3. The lowest BCUT2D eigenvalue weighted by Crippen LogP contribution is -2.14. The molecule has 4 aromatic rings. The molecule has 136 valence electrons. The van der Waals surface area contributed by atoms with Crippen LogP contribution in [0.3, 0.4) is 0 Å². The first-order valence-electron chi connectivity index (χ1n) is 8.86. The molecule has 0 aliphatic carbocycles. The van der Waals surface area contributed by atoms with Crippen molar-refractivity contribution in [1.29, 1.82) is 0 Å². The summed E-state index contributed by atoms with van der Waals surface area (Å²) < 4.78 is 7.24. The van der Waals surface area contributed by atoms with Gasteiger partial charge >= 0.3 is 0 Å². The molecule has 0 fully saturated rings. The summed E-state index contributed by atoms with van der Waals surface area (Å²) >= 11 is 0. The second-order valence-electron chi connectivity index (χ2n) is 6.63. The van der Waals surface area contributed by atoms with Crippen molar-refractivity contribution in [3.63, 3.8) is 0 Å².